The molecule has 2 heterocycles. The highest BCUT2D eigenvalue weighted by molar-refractivity contribution is 6.02. The van der Waals surface area contributed by atoms with E-state index in [1.54, 1.807) is 14.7 Å². The molecule has 2 bridgehead atoms. The number of fused-ring (bicyclic) bond motifs is 2. The van der Waals surface area contributed by atoms with E-state index in [4.69, 9.17) is 0 Å². The zero-order valence-electron chi connectivity index (χ0n) is 23.8. The fraction of sp³-hybridized carbons (Fsp3) is 0.229. The summed E-state index contributed by atoms with van der Waals surface area (Å²) in [5, 5.41) is 10.6. The molecule has 2 fully saturated rings. The highest BCUT2D eigenvalue weighted by Crippen LogP contribution is 2.37. The number of carbonyl (C=O) groups is 3. The van der Waals surface area contributed by atoms with Gasteiger partial charge in [-0.1, -0.05) is 84.9 Å². The third kappa shape index (κ3) is 5.68. The molecule has 2 aliphatic heterocycles. The van der Waals surface area contributed by atoms with Gasteiger partial charge in [-0.25, -0.2) is 14.4 Å². The maximum atomic E-state index is 14.5. The Kier molecular flexibility index (Phi) is 8.09. The van der Waals surface area contributed by atoms with Gasteiger partial charge in [0.25, 0.3) is 0 Å². The van der Waals surface area contributed by atoms with Crippen molar-refractivity contribution in [3.8, 4) is 0 Å². The van der Waals surface area contributed by atoms with Crippen LogP contribution < -0.4 is 9.80 Å². The van der Waals surface area contributed by atoms with Gasteiger partial charge >= 0.3 is 18.0 Å². The van der Waals surface area contributed by atoms with Crippen LogP contribution in [-0.2, 0) is 11.3 Å². The van der Waals surface area contributed by atoms with Crippen molar-refractivity contribution < 1.29 is 19.5 Å². The number of likely N-dealkylation sites (tertiary alicyclic amines) is 1. The molecule has 4 amide bonds. The third-order valence-electron chi connectivity index (χ3n) is 8.32. The van der Waals surface area contributed by atoms with Gasteiger partial charge in [0.2, 0.25) is 0 Å². The molecule has 0 aliphatic carbocycles. The quantitative estimate of drug-likeness (QED) is 0.276. The summed E-state index contributed by atoms with van der Waals surface area (Å²) < 4.78 is 0. The van der Waals surface area contributed by atoms with Crippen LogP contribution in [0.25, 0.3) is 0 Å². The van der Waals surface area contributed by atoms with Gasteiger partial charge in [0.15, 0.2) is 6.04 Å². The van der Waals surface area contributed by atoms with Crippen molar-refractivity contribution in [1.82, 2.24) is 9.80 Å². The smallest absolute Gasteiger partial charge is 0.329 e. The third-order valence-corrected chi connectivity index (χ3v) is 8.32. The lowest BCUT2D eigenvalue weighted by Gasteiger charge is -2.54. The van der Waals surface area contributed by atoms with Crippen molar-refractivity contribution in [1.29, 1.82) is 0 Å². The maximum Gasteiger partial charge on any atom is 0.329 e. The standard InChI is InChI=1S/C35H34N4O4/c40-33(41)32-31-23-13-22-30(25-37(32)35(43)38(28-18-9-3-10-19-28)29-20-11-4-12-21-29)39(31)34(42)36(27-16-7-2-8-17-27)24-26-14-5-1-6-15-26/h1-12,14-21,30-32H,13,22-25H2,(H,40,41)/t30-,31+,32-/m0/s1. The van der Waals surface area contributed by atoms with Gasteiger partial charge in [-0.3, -0.25) is 9.80 Å². The number of aliphatic carboxylic acids is 1. The molecule has 43 heavy (non-hydrogen) atoms. The largest absolute Gasteiger partial charge is 0.480 e. The molecule has 2 aliphatic rings. The molecule has 0 saturated carbocycles. The number of nitrogens with zero attached hydrogens (tertiary/aromatic N) is 4. The number of urea groups is 2. The Morgan fingerprint density at radius 1 is 0.674 bits per heavy atom. The number of carbonyl (C=O) groups excluding carboxylic acids is 2. The number of para-hydroxylation sites is 3. The molecule has 8 heteroatoms. The zero-order chi connectivity index (χ0) is 29.8. The molecule has 218 valence electrons. The summed E-state index contributed by atoms with van der Waals surface area (Å²) in [6, 6.07) is 34.9. The van der Waals surface area contributed by atoms with Gasteiger partial charge in [-0.05, 0) is 61.2 Å². The molecule has 2 saturated heterocycles. The van der Waals surface area contributed by atoms with Crippen molar-refractivity contribution in [2.45, 2.75) is 43.9 Å². The fourth-order valence-electron chi connectivity index (χ4n) is 6.38. The Morgan fingerprint density at radius 3 is 1.72 bits per heavy atom. The Labute approximate surface area is 251 Å². The number of benzene rings is 4. The first-order valence-corrected chi connectivity index (χ1v) is 14.7. The average Bonchev–Trinajstić information content (AvgIpc) is 3.04. The van der Waals surface area contributed by atoms with E-state index in [0.29, 0.717) is 30.8 Å². The topological polar surface area (TPSA) is 84.4 Å². The van der Waals surface area contributed by atoms with Crippen LogP contribution >= 0.6 is 0 Å². The molecule has 8 nitrogen and oxygen atoms in total. The molecular weight excluding hydrogens is 540 g/mol. The van der Waals surface area contributed by atoms with Crippen molar-refractivity contribution in [2.24, 2.45) is 0 Å². The highest BCUT2D eigenvalue weighted by atomic mass is 16.4. The van der Waals surface area contributed by atoms with E-state index in [0.717, 1.165) is 17.7 Å². The van der Waals surface area contributed by atoms with Crippen LogP contribution in [0.1, 0.15) is 24.8 Å². The highest BCUT2D eigenvalue weighted by Gasteiger charge is 2.52. The van der Waals surface area contributed by atoms with E-state index in [2.05, 4.69) is 0 Å². The summed E-state index contributed by atoms with van der Waals surface area (Å²) in [5.74, 6) is -1.12. The number of hydrogen-bond acceptors (Lipinski definition) is 3. The molecular formula is C35H34N4O4. The summed E-state index contributed by atoms with van der Waals surface area (Å²) in [6.45, 7) is 0.470. The summed E-state index contributed by atoms with van der Waals surface area (Å²) in [7, 11) is 0. The number of piperazine rings is 1. The van der Waals surface area contributed by atoms with Gasteiger partial charge in [-0.2, -0.15) is 0 Å². The minimum atomic E-state index is -1.20. The Morgan fingerprint density at radius 2 is 1.19 bits per heavy atom. The maximum absolute atomic E-state index is 14.5. The summed E-state index contributed by atoms with van der Waals surface area (Å²) in [4.78, 5) is 48.4. The van der Waals surface area contributed by atoms with E-state index in [9.17, 15) is 19.5 Å². The van der Waals surface area contributed by atoms with Gasteiger partial charge < -0.3 is 14.9 Å². The minimum absolute atomic E-state index is 0.127. The molecule has 0 aromatic heterocycles. The molecule has 6 rings (SSSR count). The van der Waals surface area contributed by atoms with E-state index in [1.807, 2.05) is 121 Å². The molecule has 4 aromatic carbocycles. The molecule has 0 radical (unpaired) electrons. The second-order valence-electron chi connectivity index (χ2n) is 11.0. The number of carboxylic acid groups (broad SMARTS) is 1. The Bertz CT molecular complexity index is 1510. The molecule has 0 unspecified atom stereocenters. The number of carboxylic acids is 1. The van der Waals surface area contributed by atoms with Crippen molar-refractivity contribution in [3.63, 3.8) is 0 Å². The van der Waals surface area contributed by atoms with Gasteiger partial charge in [0.1, 0.15) is 0 Å². The average molecular weight is 575 g/mol. The van der Waals surface area contributed by atoms with Crippen LogP contribution in [-0.4, -0.2) is 57.6 Å². The van der Waals surface area contributed by atoms with Crippen molar-refractivity contribution >= 4 is 35.1 Å². The minimum Gasteiger partial charge on any atom is -0.480 e. The predicted molar refractivity (Wildman–Crippen MR) is 166 cm³/mol. The van der Waals surface area contributed by atoms with Crippen molar-refractivity contribution in [2.75, 3.05) is 16.3 Å². The first-order chi connectivity index (χ1) is 21.0. The van der Waals surface area contributed by atoms with Crippen molar-refractivity contribution in [3.05, 3.63) is 127 Å². The first-order valence-electron chi connectivity index (χ1n) is 14.7. The SMILES string of the molecule is O=C(O)[C@@H]1[C@H]2CCC[C@@H](CN1C(=O)N(c1ccccc1)c1ccccc1)N2C(=O)N(Cc1ccccc1)c1ccccc1. The predicted octanol–water partition coefficient (Wildman–Crippen LogP) is 6.76. The first kappa shape index (κ1) is 28.0. The fourth-order valence-corrected chi connectivity index (χ4v) is 6.38. The lowest BCUT2D eigenvalue weighted by Crippen LogP contribution is -2.72. The molecule has 3 atom stereocenters. The lowest BCUT2D eigenvalue weighted by atomic mass is 9.86. The van der Waals surface area contributed by atoms with Crippen LogP contribution in [0.5, 0.6) is 0 Å². The number of hydrogen-bond donors (Lipinski definition) is 1. The lowest BCUT2D eigenvalue weighted by molar-refractivity contribution is -0.148. The number of amides is 4. The monoisotopic (exact) mass is 574 g/mol. The van der Waals surface area contributed by atoms with E-state index < -0.39 is 24.1 Å². The van der Waals surface area contributed by atoms with Crippen LogP contribution in [0, 0.1) is 0 Å². The van der Waals surface area contributed by atoms with Crippen LogP contribution in [0.4, 0.5) is 26.7 Å². The molecule has 1 N–H and O–H groups in total. The molecule has 4 aromatic rings. The summed E-state index contributed by atoms with van der Waals surface area (Å²) >= 11 is 0. The van der Waals surface area contributed by atoms with Gasteiger partial charge in [0, 0.05) is 12.2 Å². The van der Waals surface area contributed by atoms with Crippen LogP contribution in [0.2, 0.25) is 0 Å². The molecule has 0 spiro atoms. The second kappa shape index (κ2) is 12.4. The van der Waals surface area contributed by atoms with Gasteiger partial charge in [0.05, 0.1) is 30.0 Å². The van der Waals surface area contributed by atoms with E-state index in [-0.39, 0.29) is 18.6 Å². The zero-order valence-corrected chi connectivity index (χ0v) is 23.8. The Hall–Kier alpha value is -5.11. The Balaban J connectivity index is 1.36. The van der Waals surface area contributed by atoms with E-state index in [1.165, 1.54) is 4.90 Å². The second-order valence-corrected chi connectivity index (χ2v) is 11.0. The van der Waals surface area contributed by atoms with Crippen LogP contribution in [0.15, 0.2) is 121 Å². The number of anilines is 3. The normalized spacial score (nSPS) is 19.4. The summed E-state index contributed by atoms with van der Waals surface area (Å²) in [5.41, 5.74) is 2.99. The summed E-state index contributed by atoms with van der Waals surface area (Å²) in [6.07, 6.45) is 1.96. The van der Waals surface area contributed by atoms with Crippen LogP contribution in [0.3, 0.4) is 0 Å². The number of piperidine rings is 1. The van der Waals surface area contributed by atoms with Gasteiger partial charge in [-0.15, -0.1) is 0 Å². The van der Waals surface area contributed by atoms with E-state index >= 15 is 0 Å². The number of rotatable bonds is 6.